The van der Waals surface area contributed by atoms with Gasteiger partial charge in [-0.1, -0.05) is 0 Å². The molecule has 1 fully saturated rings. The first-order chi connectivity index (χ1) is 8.76. The van der Waals surface area contributed by atoms with Gasteiger partial charge in [-0.15, -0.1) is 0 Å². The molecule has 0 bridgehead atoms. The predicted octanol–water partition coefficient (Wildman–Crippen LogP) is -0.615. The Morgan fingerprint density at radius 3 is 2.35 bits per heavy atom. The van der Waals surface area contributed by atoms with Gasteiger partial charge in [-0.3, -0.25) is 9.69 Å². The fourth-order valence-corrected chi connectivity index (χ4v) is 1.90. The second kappa shape index (κ2) is 16.1. The Balaban J connectivity index is 0. The monoisotopic (exact) mass is 715 g/mol. The van der Waals surface area contributed by atoms with Crippen molar-refractivity contribution in [2.45, 2.75) is 25.4 Å². The molecule has 0 aliphatic carbocycles. The van der Waals surface area contributed by atoms with E-state index >= 15 is 0 Å². The zero-order chi connectivity index (χ0) is 13.2. The molecule has 1 unspecified atom stereocenters. The summed E-state index contributed by atoms with van der Waals surface area (Å²) in [5.74, 6) is -0.258. The number of nitrogens with zero attached hydrogens (tertiary/aromatic N) is 1. The topological polar surface area (TPSA) is 79.2 Å². The summed E-state index contributed by atoms with van der Waals surface area (Å²) in [6.45, 7) is 2.53. The van der Waals surface area contributed by atoms with Gasteiger partial charge in [0.05, 0.1) is 25.7 Å². The van der Waals surface area contributed by atoms with E-state index in [1.807, 2.05) is 4.90 Å². The summed E-state index contributed by atoms with van der Waals surface area (Å²) in [4.78, 5) is 13.3. The number of esters is 1. The summed E-state index contributed by atoms with van der Waals surface area (Å²) in [5.41, 5.74) is 0. The molecule has 1 heterocycles. The number of aliphatic hydroxyl groups excluding tert-OH is 2. The molecule has 0 aromatic rings. The second-order valence-electron chi connectivity index (χ2n) is 4.36. The Labute approximate surface area is 192 Å². The molecule has 2 radical (unpaired) electrons. The second-order valence-corrected chi connectivity index (χ2v) is 4.36. The van der Waals surface area contributed by atoms with Crippen LogP contribution in [0.15, 0.2) is 0 Å². The first kappa shape index (κ1) is 24.4. The van der Waals surface area contributed by atoms with E-state index < -0.39 is 0 Å². The number of carbonyl (C=O) groups excluding carboxylic acids is 1. The SMILES string of the molecule is O=C(CCN(CCO)CCO)OCC1CCCO1.[Ac].[Ac]. The van der Waals surface area contributed by atoms with Gasteiger partial charge in [-0.25, -0.2) is 0 Å². The Bertz CT molecular complexity index is 234. The molecule has 1 saturated heterocycles. The van der Waals surface area contributed by atoms with Crippen LogP contribution < -0.4 is 0 Å². The smallest absolute Gasteiger partial charge is 0.307 e. The first-order valence-corrected chi connectivity index (χ1v) is 6.47. The van der Waals surface area contributed by atoms with Crippen molar-refractivity contribution in [3.63, 3.8) is 0 Å². The van der Waals surface area contributed by atoms with Gasteiger partial charge in [0.15, 0.2) is 0 Å². The number of aliphatic hydroxyl groups is 2. The van der Waals surface area contributed by atoms with Gasteiger partial charge in [0.1, 0.15) is 6.61 Å². The fraction of sp³-hybridized carbons (Fsp3) is 0.917. The van der Waals surface area contributed by atoms with E-state index in [4.69, 9.17) is 19.7 Å². The van der Waals surface area contributed by atoms with Crippen molar-refractivity contribution in [3.05, 3.63) is 0 Å². The summed E-state index contributed by atoms with van der Waals surface area (Å²) in [5, 5.41) is 17.6. The van der Waals surface area contributed by atoms with Crippen LogP contribution in [-0.4, -0.2) is 73.2 Å². The van der Waals surface area contributed by atoms with Crippen molar-refractivity contribution in [1.82, 2.24) is 4.90 Å². The average molecular weight is 715 g/mol. The van der Waals surface area contributed by atoms with E-state index in [9.17, 15) is 4.79 Å². The van der Waals surface area contributed by atoms with Gasteiger partial charge in [0.25, 0.3) is 0 Å². The fourth-order valence-electron chi connectivity index (χ4n) is 1.90. The molecule has 0 spiro atoms. The van der Waals surface area contributed by atoms with Crippen molar-refractivity contribution < 1.29 is 113 Å². The van der Waals surface area contributed by atoms with Gasteiger partial charge in [0.2, 0.25) is 0 Å². The normalized spacial score (nSPS) is 17.4. The summed E-state index contributed by atoms with van der Waals surface area (Å²) < 4.78 is 10.5. The summed E-state index contributed by atoms with van der Waals surface area (Å²) in [7, 11) is 0. The van der Waals surface area contributed by atoms with E-state index in [2.05, 4.69) is 0 Å². The van der Waals surface area contributed by atoms with Crippen molar-refractivity contribution in [2.75, 3.05) is 46.1 Å². The van der Waals surface area contributed by atoms with E-state index in [0.717, 1.165) is 19.4 Å². The molecule has 0 amide bonds. The maximum absolute atomic E-state index is 11.5. The third kappa shape index (κ3) is 11.7. The predicted molar refractivity (Wildman–Crippen MR) is 65.2 cm³/mol. The third-order valence-electron chi connectivity index (χ3n) is 2.92. The molecular weight excluding hydrogens is 692 g/mol. The van der Waals surface area contributed by atoms with Crippen LogP contribution in [0.2, 0.25) is 0 Å². The number of hydrogen-bond donors (Lipinski definition) is 2. The van der Waals surface area contributed by atoms with Gasteiger partial charge < -0.3 is 19.7 Å². The molecule has 1 rings (SSSR count). The minimum absolute atomic E-state index is 0. The summed E-state index contributed by atoms with van der Waals surface area (Å²) in [6.07, 6.45) is 2.31. The number of rotatable bonds is 9. The Morgan fingerprint density at radius 1 is 1.20 bits per heavy atom. The maximum atomic E-state index is 11.5. The standard InChI is InChI=1S/C12H23NO5.2Ac/c14-7-5-13(6-8-15)4-3-12(16)18-10-11-2-1-9-17-11;;/h11,14-15H,1-10H2;;. The molecule has 0 aromatic carbocycles. The van der Waals surface area contributed by atoms with Crippen molar-refractivity contribution in [3.8, 4) is 0 Å². The average Bonchev–Trinajstić information content (AvgIpc) is 2.87. The van der Waals surface area contributed by atoms with Gasteiger partial charge in [-0.2, -0.15) is 0 Å². The molecule has 8 heteroatoms. The molecule has 6 nitrogen and oxygen atoms in total. The zero-order valence-corrected chi connectivity index (χ0v) is 21.4. The van der Waals surface area contributed by atoms with Crippen LogP contribution in [0, 0.1) is 88.1 Å². The number of carbonyl (C=O) groups is 1. The van der Waals surface area contributed by atoms with Crippen LogP contribution in [0.3, 0.4) is 0 Å². The molecule has 0 saturated carbocycles. The van der Waals surface area contributed by atoms with Crippen molar-refractivity contribution >= 4 is 5.97 Å². The first-order valence-electron chi connectivity index (χ1n) is 6.47. The molecule has 1 aliphatic heterocycles. The largest absolute Gasteiger partial charge is 0.463 e. The number of hydrogen-bond acceptors (Lipinski definition) is 6. The van der Waals surface area contributed by atoms with Crippen LogP contribution in [-0.2, 0) is 14.3 Å². The van der Waals surface area contributed by atoms with Gasteiger partial charge in [0, 0.05) is 114 Å². The number of ether oxygens (including phenoxy) is 2. The van der Waals surface area contributed by atoms with Gasteiger partial charge in [-0.05, 0) is 12.8 Å². The molecule has 1 aliphatic rings. The Morgan fingerprint density at radius 2 is 1.85 bits per heavy atom. The van der Waals surface area contributed by atoms with E-state index in [0.29, 0.717) is 26.2 Å². The van der Waals surface area contributed by atoms with E-state index in [1.165, 1.54) is 0 Å². The van der Waals surface area contributed by atoms with Gasteiger partial charge >= 0.3 is 5.97 Å². The van der Waals surface area contributed by atoms with Crippen LogP contribution in [0.4, 0.5) is 0 Å². The molecule has 0 aromatic heterocycles. The van der Waals surface area contributed by atoms with E-state index in [-0.39, 0.29) is 120 Å². The van der Waals surface area contributed by atoms with Crippen molar-refractivity contribution in [1.29, 1.82) is 0 Å². The minimum Gasteiger partial charge on any atom is -0.463 e. The van der Waals surface area contributed by atoms with E-state index in [1.54, 1.807) is 0 Å². The van der Waals surface area contributed by atoms with Crippen LogP contribution in [0.1, 0.15) is 19.3 Å². The van der Waals surface area contributed by atoms with Crippen LogP contribution in [0.25, 0.3) is 0 Å². The molecule has 1 atom stereocenters. The summed E-state index contributed by atoms with van der Waals surface area (Å²) >= 11 is 0. The molecule has 112 valence electrons. The molecule has 2 N–H and O–H groups in total. The zero-order valence-electron chi connectivity index (χ0n) is 11.9. The molecule has 20 heavy (non-hydrogen) atoms. The quantitative estimate of drug-likeness (QED) is 0.311. The molecular formula is C12H23Ac2NO5. The van der Waals surface area contributed by atoms with Crippen molar-refractivity contribution in [2.24, 2.45) is 0 Å². The third-order valence-corrected chi connectivity index (χ3v) is 2.92. The minimum atomic E-state index is -0.258. The van der Waals surface area contributed by atoms with Crippen LogP contribution >= 0.6 is 0 Å². The Kier molecular flexibility index (Phi) is 19.6. The maximum Gasteiger partial charge on any atom is 0.307 e. The Hall–Kier alpha value is 2.19. The van der Waals surface area contributed by atoms with Crippen LogP contribution in [0.5, 0.6) is 0 Å². The summed E-state index contributed by atoms with van der Waals surface area (Å²) in [6, 6.07) is 0.